The second-order valence-corrected chi connectivity index (χ2v) is 8.69. The smallest absolute Gasteiger partial charge is 0.404 e. The number of ether oxygens (including phenoxy) is 1. The second-order valence-electron chi connectivity index (χ2n) is 6.66. The fourth-order valence-electron chi connectivity index (χ4n) is 3.10. The molecule has 10 nitrogen and oxygen atoms in total. The lowest BCUT2D eigenvalue weighted by molar-refractivity contribution is -0.0960. The van der Waals surface area contributed by atoms with Crippen LogP contribution >= 0.6 is 19.4 Å². The number of phosphoric ester groups is 1. The number of benzene rings is 1. The first-order chi connectivity index (χ1) is 15.3. The molecule has 4 rings (SSSR count). The van der Waals surface area contributed by atoms with Crippen LogP contribution in [0.2, 0.25) is 5.02 Å². The SMILES string of the molecule is C#Cc1cn(C2CCC(COP3(=O)OCc4cc(Cl)ccc4O3)O2)c(=O)[nH]c1=O.COF. The number of phosphoric acid groups is 1. The summed E-state index contributed by atoms with van der Waals surface area (Å²) in [7, 11) is -2.84. The fourth-order valence-corrected chi connectivity index (χ4v) is 4.54. The fraction of sp³-hybridized carbons (Fsp3) is 0.368. The zero-order valence-electron chi connectivity index (χ0n) is 16.8. The molecule has 1 saturated heterocycles. The van der Waals surface area contributed by atoms with Crippen LogP contribution in [0.3, 0.4) is 0 Å². The highest BCUT2D eigenvalue weighted by molar-refractivity contribution is 7.49. The lowest BCUT2D eigenvalue weighted by Crippen LogP contribution is -2.33. The molecule has 2 aliphatic rings. The Balaban J connectivity index is 0.000000913. The number of H-pyrrole nitrogens is 1. The van der Waals surface area contributed by atoms with Crippen molar-refractivity contribution in [3.05, 3.63) is 61.4 Å². The van der Waals surface area contributed by atoms with Crippen molar-refractivity contribution in [1.29, 1.82) is 0 Å². The largest absolute Gasteiger partial charge is 0.530 e. The van der Waals surface area contributed by atoms with Gasteiger partial charge in [0.2, 0.25) is 0 Å². The standard InChI is InChI=1S/C18H16ClN2O7P.CH3FO/c1-2-11-8-21(18(23)20-17(11)22)16-6-4-14(27-16)10-26-29(24)25-9-12-7-13(19)3-5-15(12)28-29;1-3-2/h1,3,5,7-8,14,16H,4,6,9-10H2,(H,20,22,23);1H3. The van der Waals surface area contributed by atoms with E-state index in [4.69, 9.17) is 36.3 Å². The third-order valence-electron chi connectivity index (χ3n) is 4.55. The molecule has 32 heavy (non-hydrogen) atoms. The highest BCUT2D eigenvalue weighted by Gasteiger charge is 2.37. The Morgan fingerprint density at radius 2 is 2.16 bits per heavy atom. The van der Waals surface area contributed by atoms with Crippen LogP contribution < -0.4 is 15.8 Å². The Bertz CT molecular complexity index is 1180. The van der Waals surface area contributed by atoms with Crippen molar-refractivity contribution >= 4 is 19.4 Å². The maximum Gasteiger partial charge on any atom is 0.530 e. The van der Waals surface area contributed by atoms with Crippen molar-refractivity contribution < 1.29 is 32.3 Å². The molecule has 3 heterocycles. The number of halogens is 2. The number of rotatable bonds is 4. The molecule has 172 valence electrons. The Morgan fingerprint density at radius 3 is 2.88 bits per heavy atom. The lowest BCUT2D eigenvalue weighted by atomic mass is 10.2. The lowest BCUT2D eigenvalue weighted by Gasteiger charge is -2.25. The number of nitrogens with one attached hydrogen (secondary N) is 1. The molecule has 0 radical (unpaired) electrons. The van der Waals surface area contributed by atoms with E-state index in [2.05, 4.69) is 15.8 Å². The van der Waals surface area contributed by atoms with Gasteiger partial charge in [-0.3, -0.25) is 23.4 Å². The first-order valence-corrected chi connectivity index (χ1v) is 11.1. The normalized spacial score (nSPS) is 23.9. The Morgan fingerprint density at radius 1 is 1.41 bits per heavy atom. The number of hydrogen-bond donors (Lipinski definition) is 1. The van der Waals surface area contributed by atoms with Gasteiger partial charge in [0, 0.05) is 16.8 Å². The summed E-state index contributed by atoms with van der Waals surface area (Å²) in [6.45, 7) is -0.0141. The van der Waals surface area contributed by atoms with Gasteiger partial charge in [0.25, 0.3) is 5.56 Å². The molecule has 0 bridgehead atoms. The molecule has 1 aromatic carbocycles. The second kappa shape index (κ2) is 10.4. The van der Waals surface area contributed by atoms with Crippen LogP contribution in [-0.4, -0.2) is 29.4 Å². The van der Waals surface area contributed by atoms with Crippen LogP contribution in [0.25, 0.3) is 0 Å². The molecular formula is C19H19ClFN2O8P. The van der Waals surface area contributed by atoms with Crippen LogP contribution in [0.15, 0.2) is 34.0 Å². The van der Waals surface area contributed by atoms with Gasteiger partial charge in [-0.2, -0.15) is 4.94 Å². The van der Waals surface area contributed by atoms with Crippen molar-refractivity contribution in [3.8, 4) is 18.1 Å². The molecule has 3 unspecified atom stereocenters. The highest BCUT2D eigenvalue weighted by atomic mass is 35.5. The number of hydrogen-bond acceptors (Lipinski definition) is 8. The Labute approximate surface area is 186 Å². The van der Waals surface area contributed by atoms with E-state index in [9.17, 15) is 18.7 Å². The quantitative estimate of drug-likeness (QED) is 0.515. The van der Waals surface area contributed by atoms with Crippen LogP contribution in [0.5, 0.6) is 5.75 Å². The summed E-state index contributed by atoms with van der Waals surface area (Å²) >= 11 is 5.92. The number of aromatic nitrogens is 2. The van der Waals surface area contributed by atoms with E-state index < -0.39 is 31.4 Å². The van der Waals surface area contributed by atoms with Crippen molar-refractivity contribution in [1.82, 2.24) is 9.55 Å². The molecule has 0 amide bonds. The van der Waals surface area contributed by atoms with Gasteiger partial charge in [-0.1, -0.05) is 17.5 Å². The summed E-state index contributed by atoms with van der Waals surface area (Å²) in [5, 5.41) is 0.518. The van der Waals surface area contributed by atoms with Crippen molar-refractivity contribution in [2.75, 3.05) is 13.7 Å². The van der Waals surface area contributed by atoms with E-state index >= 15 is 0 Å². The van der Waals surface area contributed by atoms with E-state index in [0.717, 1.165) is 7.11 Å². The third kappa shape index (κ3) is 5.66. The Kier molecular flexibility index (Phi) is 7.90. The first kappa shape index (κ1) is 24.2. The van der Waals surface area contributed by atoms with Gasteiger partial charge in [0.15, 0.2) is 0 Å². The van der Waals surface area contributed by atoms with Crippen molar-refractivity contribution in [2.45, 2.75) is 31.8 Å². The highest BCUT2D eigenvalue weighted by Crippen LogP contribution is 2.55. The van der Waals surface area contributed by atoms with Gasteiger partial charge in [-0.25, -0.2) is 9.36 Å². The Hall–Kier alpha value is -2.45. The van der Waals surface area contributed by atoms with Crippen molar-refractivity contribution in [3.63, 3.8) is 0 Å². The van der Waals surface area contributed by atoms with Gasteiger partial charge in [0.05, 0.1) is 26.4 Å². The minimum absolute atomic E-state index is 0.0279. The van der Waals surface area contributed by atoms with E-state index in [0.29, 0.717) is 29.2 Å². The molecule has 1 aromatic heterocycles. The van der Waals surface area contributed by atoms with Crippen LogP contribution in [0.4, 0.5) is 4.53 Å². The molecular weight excluding hydrogens is 470 g/mol. The molecule has 1 N–H and O–H groups in total. The monoisotopic (exact) mass is 488 g/mol. The maximum atomic E-state index is 12.7. The average Bonchev–Trinajstić information content (AvgIpc) is 3.22. The van der Waals surface area contributed by atoms with E-state index in [1.165, 1.54) is 10.8 Å². The number of terminal acetylenes is 1. The summed E-state index contributed by atoms with van der Waals surface area (Å²) < 4.78 is 45.5. The van der Waals surface area contributed by atoms with Crippen LogP contribution in [0.1, 0.15) is 30.2 Å². The minimum atomic E-state index is -3.80. The third-order valence-corrected chi connectivity index (χ3v) is 6.11. The summed E-state index contributed by atoms with van der Waals surface area (Å²) in [6.07, 6.45) is 6.50. The van der Waals surface area contributed by atoms with E-state index in [1.807, 2.05) is 0 Å². The minimum Gasteiger partial charge on any atom is -0.404 e. The molecule has 13 heteroatoms. The van der Waals surface area contributed by atoms with Crippen molar-refractivity contribution in [2.24, 2.45) is 0 Å². The summed E-state index contributed by atoms with van der Waals surface area (Å²) in [5.41, 5.74) is -0.549. The number of nitrogens with zero attached hydrogens (tertiary/aromatic N) is 1. The summed E-state index contributed by atoms with van der Waals surface area (Å²) in [6, 6.07) is 4.88. The zero-order valence-corrected chi connectivity index (χ0v) is 18.4. The molecule has 3 atom stereocenters. The average molecular weight is 489 g/mol. The first-order valence-electron chi connectivity index (χ1n) is 9.28. The van der Waals surface area contributed by atoms with Gasteiger partial charge >= 0.3 is 13.5 Å². The van der Waals surface area contributed by atoms with Gasteiger partial charge < -0.3 is 9.26 Å². The van der Waals surface area contributed by atoms with Crippen LogP contribution in [-0.2, 0) is 29.9 Å². The van der Waals surface area contributed by atoms with Gasteiger partial charge in [-0.15, -0.1) is 6.42 Å². The molecule has 2 aromatic rings. The molecule has 0 aliphatic carbocycles. The molecule has 1 fully saturated rings. The summed E-state index contributed by atoms with van der Waals surface area (Å²) in [5.74, 6) is 2.61. The number of fused-ring (bicyclic) bond motifs is 1. The van der Waals surface area contributed by atoms with Crippen LogP contribution in [0, 0.1) is 12.3 Å². The van der Waals surface area contributed by atoms with E-state index in [1.54, 1.807) is 18.2 Å². The summed E-state index contributed by atoms with van der Waals surface area (Å²) in [4.78, 5) is 28.5. The molecule has 2 aliphatic heterocycles. The van der Waals surface area contributed by atoms with Gasteiger partial charge in [-0.05, 0) is 35.6 Å². The maximum absolute atomic E-state index is 12.7. The zero-order chi connectivity index (χ0) is 23.3. The van der Waals surface area contributed by atoms with E-state index in [-0.39, 0.29) is 18.8 Å². The molecule has 0 saturated carbocycles. The topological polar surface area (TPSA) is 118 Å². The predicted molar refractivity (Wildman–Crippen MR) is 111 cm³/mol. The van der Waals surface area contributed by atoms with Gasteiger partial charge in [0.1, 0.15) is 17.5 Å². The predicted octanol–water partition coefficient (Wildman–Crippen LogP) is 3.10. The molecule has 0 spiro atoms. The number of aromatic amines is 1.